The van der Waals surface area contributed by atoms with Crippen LogP contribution in [0, 0.1) is 0 Å². The van der Waals surface area contributed by atoms with Crippen molar-refractivity contribution in [2.24, 2.45) is 0 Å². The predicted octanol–water partition coefficient (Wildman–Crippen LogP) is 2.75. The second-order valence-corrected chi connectivity index (χ2v) is 7.40. The summed E-state index contributed by atoms with van der Waals surface area (Å²) in [4.78, 5) is 18.0. The van der Waals surface area contributed by atoms with Crippen molar-refractivity contribution in [3.8, 4) is 0 Å². The van der Waals surface area contributed by atoms with E-state index in [0.717, 1.165) is 34.4 Å². The molecular formula is C15H15ClN6OS. The van der Waals surface area contributed by atoms with Crippen LogP contribution in [0.15, 0.2) is 30.7 Å². The summed E-state index contributed by atoms with van der Waals surface area (Å²) in [5.74, 6) is 1.05. The molecular weight excluding hydrogens is 348 g/mol. The third-order valence-corrected chi connectivity index (χ3v) is 5.25. The minimum absolute atomic E-state index is 0.0742. The minimum Gasteiger partial charge on any atom is -0.310 e. The van der Waals surface area contributed by atoms with Crippen LogP contribution in [-0.4, -0.2) is 30.5 Å². The van der Waals surface area contributed by atoms with Crippen molar-refractivity contribution in [1.29, 1.82) is 0 Å². The van der Waals surface area contributed by atoms with E-state index in [4.69, 9.17) is 11.6 Å². The monoisotopic (exact) mass is 362 g/mol. The molecule has 0 spiro atoms. The first-order valence-corrected chi connectivity index (χ1v) is 8.85. The Balaban J connectivity index is 1.50. The van der Waals surface area contributed by atoms with Crippen molar-refractivity contribution in [2.45, 2.75) is 31.8 Å². The zero-order valence-electron chi connectivity index (χ0n) is 12.7. The van der Waals surface area contributed by atoms with E-state index < -0.39 is 0 Å². The van der Waals surface area contributed by atoms with Crippen LogP contribution in [0.25, 0.3) is 0 Å². The largest absolute Gasteiger partial charge is 0.310 e. The standard InChI is InChI=1S/C15H15ClN6OS/c16-12-4-3-10(24-12)8-22-13(5-6-18-22)20-15(23)11-2-1-7-21-14(11)17-9-19-21/h3-6,9,11H,1-2,7-8H2,(H,20,23). The van der Waals surface area contributed by atoms with Crippen LogP contribution < -0.4 is 5.32 Å². The number of halogens is 1. The fourth-order valence-corrected chi connectivity index (χ4v) is 3.97. The molecule has 124 valence electrons. The quantitative estimate of drug-likeness (QED) is 0.774. The van der Waals surface area contributed by atoms with E-state index in [-0.39, 0.29) is 11.8 Å². The molecule has 1 aliphatic heterocycles. The van der Waals surface area contributed by atoms with Gasteiger partial charge in [-0.25, -0.2) is 14.3 Å². The molecule has 1 amide bonds. The highest BCUT2D eigenvalue weighted by Crippen LogP contribution is 2.27. The number of amides is 1. The van der Waals surface area contributed by atoms with E-state index in [1.807, 2.05) is 12.1 Å². The Morgan fingerprint density at radius 1 is 1.38 bits per heavy atom. The first-order chi connectivity index (χ1) is 11.7. The van der Waals surface area contributed by atoms with Gasteiger partial charge in [0.25, 0.3) is 0 Å². The van der Waals surface area contributed by atoms with Crippen LogP contribution in [-0.2, 0) is 17.9 Å². The number of nitrogens with one attached hydrogen (secondary N) is 1. The molecule has 3 aromatic heterocycles. The van der Waals surface area contributed by atoms with E-state index in [1.54, 1.807) is 21.6 Å². The van der Waals surface area contributed by atoms with Crippen LogP contribution >= 0.6 is 22.9 Å². The number of thiophene rings is 1. The van der Waals surface area contributed by atoms with Gasteiger partial charge in [0, 0.05) is 17.5 Å². The van der Waals surface area contributed by atoms with Crippen molar-refractivity contribution < 1.29 is 4.79 Å². The van der Waals surface area contributed by atoms with Crippen LogP contribution in [0.4, 0.5) is 5.82 Å². The van der Waals surface area contributed by atoms with E-state index in [0.29, 0.717) is 12.4 Å². The molecule has 0 fully saturated rings. The first kappa shape index (κ1) is 15.3. The van der Waals surface area contributed by atoms with Gasteiger partial charge in [-0.2, -0.15) is 10.2 Å². The lowest BCUT2D eigenvalue weighted by molar-refractivity contribution is -0.118. The minimum atomic E-state index is -0.277. The molecule has 1 atom stereocenters. The fourth-order valence-electron chi connectivity index (χ4n) is 2.90. The molecule has 0 radical (unpaired) electrons. The number of hydrogen-bond acceptors (Lipinski definition) is 5. The van der Waals surface area contributed by atoms with Crippen molar-refractivity contribution in [3.05, 3.63) is 45.8 Å². The second kappa shape index (κ2) is 6.37. The summed E-state index contributed by atoms with van der Waals surface area (Å²) in [6.45, 7) is 1.39. The summed E-state index contributed by atoms with van der Waals surface area (Å²) < 4.78 is 4.30. The highest BCUT2D eigenvalue weighted by molar-refractivity contribution is 7.16. The number of aromatic nitrogens is 5. The molecule has 1 unspecified atom stereocenters. The molecule has 3 aromatic rings. The summed E-state index contributed by atoms with van der Waals surface area (Å²) in [6.07, 6.45) is 4.88. The van der Waals surface area contributed by atoms with Gasteiger partial charge in [0.1, 0.15) is 18.0 Å². The zero-order valence-corrected chi connectivity index (χ0v) is 14.3. The van der Waals surface area contributed by atoms with Gasteiger partial charge in [-0.05, 0) is 25.0 Å². The molecule has 1 N–H and O–H groups in total. The summed E-state index contributed by atoms with van der Waals surface area (Å²) in [6, 6.07) is 5.61. The van der Waals surface area contributed by atoms with E-state index in [9.17, 15) is 4.79 Å². The number of hydrogen-bond donors (Lipinski definition) is 1. The lowest BCUT2D eigenvalue weighted by Crippen LogP contribution is -2.28. The lowest BCUT2D eigenvalue weighted by atomic mass is 9.98. The van der Waals surface area contributed by atoms with Gasteiger partial charge in [0.15, 0.2) is 0 Å². The van der Waals surface area contributed by atoms with Crippen LogP contribution in [0.1, 0.15) is 29.5 Å². The molecule has 0 bridgehead atoms. The predicted molar refractivity (Wildman–Crippen MR) is 91.3 cm³/mol. The normalized spacial score (nSPS) is 16.8. The Morgan fingerprint density at radius 2 is 2.29 bits per heavy atom. The molecule has 0 saturated heterocycles. The number of aryl methyl sites for hydroxylation is 1. The van der Waals surface area contributed by atoms with Gasteiger partial charge in [-0.3, -0.25) is 4.79 Å². The third kappa shape index (κ3) is 2.94. The molecule has 4 rings (SSSR count). The molecule has 9 heteroatoms. The summed E-state index contributed by atoms with van der Waals surface area (Å²) in [5.41, 5.74) is 0. The maximum absolute atomic E-state index is 12.7. The van der Waals surface area contributed by atoms with E-state index >= 15 is 0 Å². The molecule has 24 heavy (non-hydrogen) atoms. The first-order valence-electron chi connectivity index (χ1n) is 7.65. The lowest BCUT2D eigenvalue weighted by Gasteiger charge is -2.21. The molecule has 4 heterocycles. The van der Waals surface area contributed by atoms with Crippen LogP contribution in [0.2, 0.25) is 4.34 Å². The van der Waals surface area contributed by atoms with Crippen molar-refractivity contribution in [1.82, 2.24) is 24.5 Å². The fraction of sp³-hybridized carbons (Fsp3) is 0.333. The number of carbonyl (C=O) groups is 1. The third-order valence-electron chi connectivity index (χ3n) is 4.04. The Labute approximate surface area is 147 Å². The average Bonchev–Trinajstić information content (AvgIpc) is 3.29. The topological polar surface area (TPSA) is 77.6 Å². The van der Waals surface area contributed by atoms with Gasteiger partial charge < -0.3 is 5.32 Å². The number of carbonyl (C=O) groups excluding carboxylic acids is 1. The maximum atomic E-state index is 12.7. The smallest absolute Gasteiger partial charge is 0.236 e. The number of rotatable bonds is 4. The Morgan fingerprint density at radius 3 is 3.12 bits per heavy atom. The van der Waals surface area contributed by atoms with E-state index in [2.05, 4.69) is 20.5 Å². The maximum Gasteiger partial charge on any atom is 0.236 e. The molecule has 7 nitrogen and oxygen atoms in total. The van der Waals surface area contributed by atoms with Gasteiger partial charge in [-0.1, -0.05) is 11.6 Å². The highest BCUT2D eigenvalue weighted by Gasteiger charge is 2.29. The van der Waals surface area contributed by atoms with Gasteiger partial charge >= 0.3 is 0 Å². The second-order valence-electron chi connectivity index (χ2n) is 5.61. The zero-order chi connectivity index (χ0) is 16.5. The number of fused-ring (bicyclic) bond motifs is 1. The van der Waals surface area contributed by atoms with Crippen molar-refractivity contribution >= 4 is 34.7 Å². The van der Waals surface area contributed by atoms with Crippen molar-refractivity contribution in [3.63, 3.8) is 0 Å². The highest BCUT2D eigenvalue weighted by atomic mass is 35.5. The average molecular weight is 363 g/mol. The Kier molecular flexibility index (Phi) is 4.07. The van der Waals surface area contributed by atoms with Gasteiger partial charge in [-0.15, -0.1) is 11.3 Å². The van der Waals surface area contributed by atoms with Crippen LogP contribution in [0.3, 0.4) is 0 Å². The van der Waals surface area contributed by atoms with Gasteiger partial charge in [0.05, 0.1) is 23.0 Å². The van der Waals surface area contributed by atoms with Crippen LogP contribution in [0.5, 0.6) is 0 Å². The Bertz CT molecular complexity index is 869. The van der Waals surface area contributed by atoms with E-state index in [1.165, 1.54) is 17.7 Å². The summed E-state index contributed by atoms with van der Waals surface area (Å²) >= 11 is 7.47. The summed E-state index contributed by atoms with van der Waals surface area (Å²) in [7, 11) is 0. The number of nitrogens with zero attached hydrogens (tertiary/aromatic N) is 5. The Hall–Kier alpha value is -2.19. The van der Waals surface area contributed by atoms with Crippen molar-refractivity contribution in [2.75, 3.05) is 5.32 Å². The SMILES string of the molecule is O=C(Nc1ccnn1Cc1ccc(Cl)s1)C1CCCn2ncnc21. The molecule has 0 aliphatic carbocycles. The molecule has 0 aromatic carbocycles. The summed E-state index contributed by atoms with van der Waals surface area (Å²) in [5, 5.41) is 11.4. The van der Waals surface area contributed by atoms with Gasteiger partial charge in [0.2, 0.25) is 5.91 Å². The molecule has 0 saturated carbocycles. The number of anilines is 1. The molecule has 1 aliphatic rings.